The standard InChI is InChI=1S/C18H35N3O2S/c1-4-19-17(21-9-13-24-18(2,3)15-21)20-8-5-10-23-14-16-6-11-22-12-7-16/h16H,4-15H2,1-3H3,(H,19,20). The largest absolute Gasteiger partial charge is 0.381 e. The van der Waals surface area contributed by atoms with Crippen LogP contribution in [0, 0.1) is 5.92 Å². The van der Waals surface area contributed by atoms with E-state index < -0.39 is 0 Å². The molecule has 0 saturated carbocycles. The van der Waals surface area contributed by atoms with E-state index in [2.05, 4.69) is 42.7 Å². The number of ether oxygens (including phenoxy) is 2. The predicted octanol–water partition coefficient (Wildman–Crippen LogP) is 2.61. The first-order valence-electron chi connectivity index (χ1n) is 9.43. The van der Waals surface area contributed by atoms with Crippen molar-refractivity contribution in [1.29, 1.82) is 0 Å². The van der Waals surface area contributed by atoms with E-state index in [1.807, 2.05) is 0 Å². The predicted molar refractivity (Wildman–Crippen MR) is 103 cm³/mol. The number of guanidine groups is 1. The molecule has 0 spiro atoms. The summed E-state index contributed by atoms with van der Waals surface area (Å²) in [5.74, 6) is 2.92. The quantitative estimate of drug-likeness (QED) is 0.431. The van der Waals surface area contributed by atoms with Crippen LogP contribution in [-0.4, -0.2) is 74.0 Å². The molecule has 2 fully saturated rings. The second-order valence-electron chi connectivity index (χ2n) is 7.25. The van der Waals surface area contributed by atoms with Crippen molar-refractivity contribution in [1.82, 2.24) is 10.2 Å². The van der Waals surface area contributed by atoms with Gasteiger partial charge in [0.2, 0.25) is 0 Å². The number of nitrogens with zero attached hydrogens (tertiary/aromatic N) is 2. The van der Waals surface area contributed by atoms with Crippen LogP contribution in [0.15, 0.2) is 4.99 Å². The average molecular weight is 358 g/mol. The maximum atomic E-state index is 5.83. The smallest absolute Gasteiger partial charge is 0.193 e. The van der Waals surface area contributed by atoms with Crippen molar-refractivity contribution in [2.45, 2.75) is 44.8 Å². The van der Waals surface area contributed by atoms with Gasteiger partial charge in [0.1, 0.15) is 0 Å². The first kappa shape index (κ1) is 19.9. The van der Waals surface area contributed by atoms with Crippen molar-refractivity contribution in [2.24, 2.45) is 10.9 Å². The summed E-state index contributed by atoms with van der Waals surface area (Å²) in [6.45, 7) is 14.1. The zero-order valence-electron chi connectivity index (χ0n) is 15.7. The molecule has 5 nitrogen and oxygen atoms in total. The lowest BCUT2D eigenvalue weighted by Gasteiger charge is -2.39. The van der Waals surface area contributed by atoms with Gasteiger partial charge in [-0.05, 0) is 46.0 Å². The summed E-state index contributed by atoms with van der Waals surface area (Å²) in [4.78, 5) is 7.21. The minimum absolute atomic E-state index is 0.307. The lowest BCUT2D eigenvalue weighted by atomic mass is 10.0. The Morgan fingerprint density at radius 3 is 2.88 bits per heavy atom. The molecule has 0 amide bonds. The summed E-state index contributed by atoms with van der Waals surface area (Å²) in [6, 6.07) is 0. The van der Waals surface area contributed by atoms with Crippen LogP contribution < -0.4 is 5.32 Å². The number of hydrogen-bond donors (Lipinski definition) is 1. The fraction of sp³-hybridized carbons (Fsp3) is 0.944. The molecule has 0 aliphatic carbocycles. The van der Waals surface area contributed by atoms with Crippen molar-refractivity contribution < 1.29 is 9.47 Å². The van der Waals surface area contributed by atoms with Crippen molar-refractivity contribution >= 4 is 17.7 Å². The molecule has 0 unspecified atom stereocenters. The Kier molecular flexibility index (Phi) is 8.70. The summed E-state index contributed by atoms with van der Waals surface area (Å²) < 4.78 is 11.5. The molecule has 6 heteroatoms. The second-order valence-corrected chi connectivity index (χ2v) is 9.05. The SMILES string of the molecule is CCNC(=NCCCOCC1CCOCC1)N1CCSC(C)(C)C1. The molecular weight excluding hydrogens is 322 g/mol. The van der Waals surface area contributed by atoms with Gasteiger partial charge in [-0.25, -0.2) is 0 Å². The molecule has 0 aromatic carbocycles. The number of nitrogens with one attached hydrogen (secondary N) is 1. The molecule has 2 saturated heterocycles. The summed E-state index contributed by atoms with van der Waals surface area (Å²) in [7, 11) is 0. The minimum Gasteiger partial charge on any atom is -0.381 e. The second kappa shape index (κ2) is 10.5. The Balaban J connectivity index is 1.66. The van der Waals surface area contributed by atoms with Crippen molar-refractivity contribution in [3.63, 3.8) is 0 Å². The Morgan fingerprint density at radius 2 is 2.17 bits per heavy atom. The molecule has 0 aromatic heterocycles. The molecule has 2 aliphatic rings. The van der Waals surface area contributed by atoms with Gasteiger partial charge in [-0.15, -0.1) is 0 Å². The van der Waals surface area contributed by atoms with Gasteiger partial charge in [-0.1, -0.05) is 0 Å². The van der Waals surface area contributed by atoms with E-state index in [-0.39, 0.29) is 0 Å². The topological polar surface area (TPSA) is 46.1 Å². The lowest BCUT2D eigenvalue weighted by Crippen LogP contribution is -2.51. The summed E-state index contributed by atoms with van der Waals surface area (Å²) in [5.41, 5.74) is 0. The van der Waals surface area contributed by atoms with Crippen LogP contribution >= 0.6 is 11.8 Å². The van der Waals surface area contributed by atoms with Gasteiger partial charge in [-0.2, -0.15) is 11.8 Å². The van der Waals surface area contributed by atoms with E-state index in [1.54, 1.807) is 0 Å². The van der Waals surface area contributed by atoms with Gasteiger partial charge < -0.3 is 19.7 Å². The van der Waals surface area contributed by atoms with Crippen molar-refractivity contribution in [2.75, 3.05) is 58.4 Å². The molecule has 140 valence electrons. The fourth-order valence-corrected chi connectivity index (χ4v) is 4.25. The van der Waals surface area contributed by atoms with Crippen molar-refractivity contribution in [3.8, 4) is 0 Å². The third-order valence-electron chi connectivity index (χ3n) is 4.46. The fourth-order valence-electron chi connectivity index (χ4n) is 3.14. The molecule has 2 aliphatic heterocycles. The first-order valence-corrected chi connectivity index (χ1v) is 10.4. The van der Waals surface area contributed by atoms with Crippen LogP contribution in [0.25, 0.3) is 0 Å². The number of rotatable bonds is 7. The Morgan fingerprint density at radius 1 is 1.38 bits per heavy atom. The van der Waals surface area contributed by atoms with Gasteiger partial charge in [-0.3, -0.25) is 4.99 Å². The normalized spacial score (nSPS) is 22.6. The third-order valence-corrected chi connectivity index (χ3v) is 5.76. The van der Waals surface area contributed by atoms with Gasteiger partial charge in [0.05, 0.1) is 0 Å². The molecule has 2 heterocycles. The van der Waals surface area contributed by atoms with Crippen molar-refractivity contribution in [3.05, 3.63) is 0 Å². The van der Waals surface area contributed by atoms with Crippen LogP contribution in [0.1, 0.15) is 40.0 Å². The van der Waals surface area contributed by atoms with Crippen LogP contribution in [0.2, 0.25) is 0 Å². The van der Waals surface area contributed by atoms with E-state index in [0.29, 0.717) is 10.7 Å². The van der Waals surface area contributed by atoms with Gasteiger partial charge >= 0.3 is 0 Å². The highest BCUT2D eigenvalue weighted by molar-refractivity contribution is 8.00. The summed E-state index contributed by atoms with van der Waals surface area (Å²) >= 11 is 2.05. The third kappa shape index (κ3) is 7.19. The highest BCUT2D eigenvalue weighted by atomic mass is 32.2. The van der Waals surface area contributed by atoms with Gasteiger partial charge in [0.25, 0.3) is 0 Å². The van der Waals surface area contributed by atoms with E-state index in [1.165, 1.54) is 5.75 Å². The Bertz CT molecular complexity index is 384. The molecule has 0 aromatic rings. The lowest BCUT2D eigenvalue weighted by molar-refractivity contribution is 0.0205. The molecular formula is C18H35N3O2S. The van der Waals surface area contributed by atoms with Gasteiger partial charge in [0, 0.05) is 63.1 Å². The van der Waals surface area contributed by atoms with E-state index in [9.17, 15) is 0 Å². The van der Waals surface area contributed by atoms with Crippen LogP contribution in [0.3, 0.4) is 0 Å². The van der Waals surface area contributed by atoms with Gasteiger partial charge in [0.15, 0.2) is 5.96 Å². The van der Waals surface area contributed by atoms with E-state index in [0.717, 1.165) is 77.8 Å². The Hall–Kier alpha value is -0.460. The zero-order chi connectivity index (χ0) is 17.3. The molecule has 1 N–H and O–H groups in total. The van der Waals surface area contributed by atoms with Crippen LogP contribution in [0.4, 0.5) is 0 Å². The average Bonchev–Trinajstić information content (AvgIpc) is 2.57. The Labute approximate surface area is 151 Å². The monoisotopic (exact) mass is 357 g/mol. The highest BCUT2D eigenvalue weighted by Crippen LogP contribution is 2.29. The number of thioether (sulfide) groups is 1. The number of hydrogen-bond acceptors (Lipinski definition) is 4. The van der Waals surface area contributed by atoms with Crippen LogP contribution in [0.5, 0.6) is 0 Å². The highest BCUT2D eigenvalue weighted by Gasteiger charge is 2.28. The van der Waals surface area contributed by atoms with Crippen LogP contribution in [-0.2, 0) is 9.47 Å². The van der Waals surface area contributed by atoms with E-state index >= 15 is 0 Å². The molecule has 2 rings (SSSR count). The summed E-state index contributed by atoms with van der Waals surface area (Å²) in [5, 5.41) is 3.44. The molecule has 24 heavy (non-hydrogen) atoms. The first-order chi connectivity index (χ1) is 11.6. The maximum Gasteiger partial charge on any atom is 0.193 e. The molecule has 0 atom stereocenters. The minimum atomic E-state index is 0.307. The van der Waals surface area contributed by atoms with E-state index in [4.69, 9.17) is 14.5 Å². The maximum absolute atomic E-state index is 5.83. The zero-order valence-corrected chi connectivity index (χ0v) is 16.5. The molecule has 0 bridgehead atoms. The summed E-state index contributed by atoms with van der Waals surface area (Å²) in [6.07, 6.45) is 3.28. The number of aliphatic imine (C=N–C) groups is 1. The molecule has 0 radical (unpaired) electrons.